The van der Waals surface area contributed by atoms with Gasteiger partial charge in [0, 0.05) is 10.9 Å². The highest BCUT2D eigenvalue weighted by molar-refractivity contribution is 6.58. The van der Waals surface area contributed by atoms with E-state index in [0.717, 1.165) is 33.0 Å². The first-order chi connectivity index (χ1) is 11.6. The van der Waals surface area contributed by atoms with Crippen LogP contribution in [0.25, 0.3) is 16.8 Å². The summed E-state index contributed by atoms with van der Waals surface area (Å²) in [6, 6.07) is 17.2. The zero-order valence-electron chi connectivity index (χ0n) is 12.9. The van der Waals surface area contributed by atoms with E-state index in [1.807, 2.05) is 42.5 Å². The van der Waals surface area contributed by atoms with E-state index in [1.54, 1.807) is 18.2 Å². The van der Waals surface area contributed by atoms with E-state index in [2.05, 4.69) is 6.07 Å². The molecule has 1 aliphatic rings. The summed E-state index contributed by atoms with van der Waals surface area (Å²) in [5.41, 5.74) is 4.39. The highest BCUT2D eigenvalue weighted by Gasteiger charge is 2.17. The van der Waals surface area contributed by atoms with Crippen LogP contribution in [0.1, 0.15) is 27.0 Å². The number of hydrogen-bond donors (Lipinski definition) is 2. The highest BCUT2D eigenvalue weighted by atomic mass is 16.4. The first-order valence-electron chi connectivity index (χ1n) is 7.85. The Bertz CT molecular complexity index is 989. The summed E-state index contributed by atoms with van der Waals surface area (Å²) in [6.45, 7) is 0. The monoisotopic (exact) mass is 314 g/mol. The molecular weight excluding hydrogens is 299 g/mol. The predicted octanol–water partition coefficient (Wildman–Crippen LogP) is 2.32. The van der Waals surface area contributed by atoms with Crippen molar-refractivity contribution < 1.29 is 14.8 Å². The standard InChI is InChI=1S/C20H15BO3/c22-19-10-9-14-7-8-15(17-5-2-6-18(19)20(14)17)11-13-3-1-4-16(12-13)21(23)24/h1-10,12,23-24H,11H2. The average Bonchev–Trinajstić information content (AvgIpc) is 2.60. The lowest BCUT2D eigenvalue weighted by molar-refractivity contribution is 0.104. The molecule has 0 fully saturated rings. The van der Waals surface area contributed by atoms with Gasteiger partial charge in [0.1, 0.15) is 0 Å². The smallest absolute Gasteiger partial charge is 0.423 e. The lowest BCUT2D eigenvalue weighted by atomic mass is 9.79. The fourth-order valence-corrected chi connectivity index (χ4v) is 3.33. The zero-order valence-corrected chi connectivity index (χ0v) is 12.9. The number of rotatable bonds is 3. The number of ketones is 1. The Morgan fingerprint density at radius 1 is 0.917 bits per heavy atom. The van der Waals surface area contributed by atoms with Gasteiger partial charge in [0.15, 0.2) is 5.78 Å². The molecule has 3 aromatic carbocycles. The van der Waals surface area contributed by atoms with Crippen LogP contribution in [0.2, 0.25) is 0 Å². The van der Waals surface area contributed by atoms with Gasteiger partial charge in [0.05, 0.1) is 0 Å². The van der Waals surface area contributed by atoms with Gasteiger partial charge in [-0.3, -0.25) is 4.79 Å². The summed E-state index contributed by atoms with van der Waals surface area (Å²) in [7, 11) is -1.47. The molecule has 4 rings (SSSR count). The van der Waals surface area contributed by atoms with Crippen LogP contribution in [0, 0.1) is 0 Å². The molecule has 2 N–H and O–H groups in total. The van der Waals surface area contributed by atoms with Crippen LogP contribution in [-0.2, 0) is 6.42 Å². The Morgan fingerprint density at radius 2 is 1.75 bits per heavy atom. The van der Waals surface area contributed by atoms with Gasteiger partial charge in [0.25, 0.3) is 0 Å². The molecule has 0 spiro atoms. The third-order valence-electron chi connectivity index (χ3n) is 4.49. The van der Waals surface area contributed by atoms with E-state index in [-0.39, 0.29) is 5.78 Å². The molecule has 0 saturated carbocycles. The van der Waals surface area contributed by atoms with Crippen molar-refractivity contribution in [3.8, 4) is 0 Å². The van der Waals surface area contributed by atoms with E-state index < -0.39 is 7.12 Å². The molecule has 1 aliphatic carbocycles. The van der Waals surface area contributed by atoms with Crippen molar-refractivity contribution in [3.63, 3.8) is 0 Å². The van der Waals surface area contributed by atoms with Crippen molar-refractivity contribution in [2.24, 2.45) is 0 Å². The maximum absolute atomic E-state index is 12.1. The number of allylic oxidation sites excluding steroid dienone is 1. The molecular formula is C20H15BO3. The molecule has 0 atom stereocenters. The maximum atomic E-state index is 12.1. The topological polar surface area (TPSA) is 57.5 Å². The van der Waals surface area contributed by atoms with E-state index in [9.17, 15) is 14.8 Å². The number of benzene rings is 3. The predicted molar refractivity (Wildman–Crippen MR) is 96.4 cm³/mol. The summed E-state index contributed by atoms with van der Waals surface area (Å²) >= 11 is 0. The maximum Gasteiger partial charge on any atom is 0.488 e. The van der Waals surface area contributed by atoms with Crippen molar-refractivity contribution >= 4 is 35.2 Å². The van der Waals surface area contributed by atoms with E-state index in [1.165, 1.54) is 0 Å². The Hall–Kier alpha value is -2.69. The van der Waals surface area contributed by atoms with Gasteiger partial charge in [-0.05, 0) is 40.0 Å². The van der Waals surface area contributed by atoms with Crippen molar-refractivity contribution in [1.82, 2.24) is 0 Å². The molecule has 3 aromatic rings. The third kappa shape index (κ3) is 2.46. The van der Waals surface area contributed by atoms with Crippen molar-refractivity contribution in [2.45, 2.75) is 6.42 Å². The molecule has 3 nitrogen and oxygen atoms in total. The quantitative estimate of drug-likeness (QED) is 0.730. The van der Waals surface area contributed by atoms with Crippen LogP contribution in [0.3, 0.4) is 0 Å². The number of carbonyl (C=O) groups excluding carboxylic acids is 1. The normalized spacial score (nSPS) is 12.7. The van der Waals surface area contributed by atoms with Gasteiger partial charge >= 0.3 is 7.12 Å². The number of hydrogen-bond acceptors (Lipinski definition) is 3. The molecule has 0 heterocycles. The van der Waals surface area contributed by atoms with Gasteiger partial charge in [0.2, 0.25) is 0 Å². The molecule has 0 radical (unpaired) electrons. The SMILES string of the molecule is O=C1C=Cc2ccc(Cc3cccc(B(O)O)c3)c3cccc1c23. The molecule has 0 saturated heterocycles. The van der Waals surface area contributed by atoms with Gasteiger partial charge in [-0.1, -0.05) is 60.7 Å². The van der Waals surface area contributed by atoms with Crippen LogP contribution >= 0.6 is 0 Å². The molecule has 4 heteroatoms. The molecule has 0 aromatic heterocycles. The lowest BCUT2D eigenvalue weighted by Gasteiger charge is -2.15. The summed E-state index contributed by atoms with van der Waals surface area (Å²) in [5, 5.41) is 20.7. The van der Waals surface area contributed by atoms with Gasteiger partial charge in [-0.2, -0.15) is 0 Å². The minimum absolute atomic E-state index is 0.0376. The largest absolute Gasteiger partial charge is 0.488 e. The molecule has 0 bridgehead atoms. The summed E-state index contributed by atoms with van der Waals surface area (Å²) in [5.74, 6) is 0.0376. The first kappa shape index (κ1) is 14.9. The van der Waals surface area contributed by atoms with E-state index in [0.29, 0.717) is 11.9 Å². The minimum Gasteiger partial charge on any atom is -0.423 e. The second-order valence-electron chi connectivity index (χ2n) is 6.04. The Morgan fingerprint density at radius 3 is 2.58 bits per heavy atom. The second kappa shape index (κ2) is 5.75. The highest BCUT2D eigenvalue weighted by Crippen LogP contribution is 2.31. The summed E-state index contributed by atoms with van der Waals surface area (Å²) in [4.78, 5) is 12.1. The minimum atomic E-state index is -1.47. The average molecular weight is 314 g/mol. The van der Waals surface area contributed by atoms with E-state index >= 15 is 0 Å². The molecule has 24 heavy (non-hydrogen) atoms. The fraction of sp³-hybridized carbons (Fsp3) is 0.0500. The number of carbonyl (C=O) groups is 1. The van der Waals surface area contributed by atoms with Crippen LogP contribution in [-0.4, -0.2) is 22.9 Å². The van der Waals surface area contributed by atoms with Crippen LogP contribution in [0.15, 0.2) is 60.7 Å². The van der Waals surface area contributed by atoms with Gasteiger partial charge in [-0.15, -0.1) is 0 Å². The zero-order chi connectivity index (χ0) is 16.7. The molecule has 0 unspecified atom stereocenters. The third-order valence-corrected chi connectivity index (χ3v) is 4.49. The second-order valence-corrected chi connectivity index (χ2v) is 6.04. The molecule has 0 amide bonds. The van der Waals surface area contributed by atoms with Crippen molar-refractivity contribution in [3.05, 3.63) is 82.9 Å². The van der Waals surface area contributed by atoms with Crippen molar-refractivity contribution in [2.75, 3.05) is 0 Å². The Kier molecular flexibility index (Phi) is 3.56. The first-order valence-corrected chi connectivity index (χ1v) is 7.85. The summed E-state index contributed by atoms with van der Waals surface area (Å²) in [6.07, 6.45) is 4.14. The molecule has 0 aliphatic heterocycles. The molecule has 116 valence electrons. The van der Waals surface area contributed by atoms with Crippen molar-refractivity contribution in [1.29, 1.82) is 0 Å². The Balaban J connectivity index is 1.83. The fourth-order valence-electron chi connectivity index (χ4n) is 3.33. The summed E-state index contributed by atoms with van der Waals surface area (Å²) < 4.78 is 0. The Labute approximate surface area is 140 Å². The van der Waals surface area contributed by atoms with Crippen LogP contribution in [0.5, 0.6) is 0 Å². The lowest BCUT2D eigenvalue weighted by Crippen LogP contribution is -2.29. The van der Waals surface area contributed by atoms with Gasteiger partial charge in [-0.25, -0.2) is 0 Å². The van der Waals surface area contributed by atoms with Crippen LogP contribution in [0.4, 0.5) is 0 Å². The van der Waals surface area contributed by atoms with E-state index in [4.69, 9.17) is 0 Å². The van der Waals surface area contributed by atoms with Crippen LogP contribution < -0.4 is 5.46 Å². The van der Waals surface area contributed by atoms with Gasteiger partial charge < -0.3 is 10.0 Å².